The Kier molecular flexibility index (Phi) is 3.72. The van der Waals surface area contributed by atoms with E-state index in [0.717, 1.165) is 0 Å². The van der Waals surface area contributed by atoms with Crippen LogP contribution in [0.1, 0.15) is 19.8 Å². The topological polar surface area (TPSA) is 43.4 Å². The summed E-state index contributed by atoms with van der Waals surface area (Å²) in [4.78, 5) is 24.3. The number of ether oxygens (including phenoxy) is 1. The van der Waals surface area contributed by atoms with Crippen molar-refractivity contribution in [2.75, 3.05) is 19.5 Å². The third kappa shape index (κ3) is 2.20. The standard InChI is InChI=1S/C12H17F3O3S/c1-7-9(16)8(10(17)19(7)6-5-18-2)11(3-4-11)12(13,14)15/h7-8,19H,3-6H2,1-2H3. The van der Waals surface area contributed by atoms with Gasteiger partial charge in [-0.2, -0.15) is 24.1 Å². The Labute approximate surface area is 112 Å². The van der Waals surface area contributed by atoms with Crippen molar-refractivity contribution in [3.63, 3.8) is 0 Å². The second kappa shape index (κ2) is 4.77. The molecule has 1 saturated carbocycles. The van der Waals surface area contributed by atoms with Crippen LogP contribution in [0.2, 0.25) is 0 Å². The summed E-state index contributed by atoms with van der Waals surface area (Å²) in [6.07, 6.45) is -4.66. The summed E-state index contributed by atoms with van der Waals surface area (Å²) >= 11 is 0. The zero-order chi connectivity index (χ0) is 14.4. The first-order valence-electron chi connectivity index (χ1n) is 6.16. The second-order valence-electron chi connectivity index (χ2n) is 5.19. The summed E-state index contributed by atoms with van der Waals surface area (Å²) < 4.78 is 44.1. The number of alkyl halides is 3. The molecule has 0 spiro atoms. The molecule has 3 nitrogen and oxygen atoms in total. The van der Waals surface area contributed by atoms with E-state index in [0.29, 0.717) is 12.4 Å². The van der Waals surface area contributed by atoms with E-state index in [9.17, 15) is 22.8 Å². The van der Waals surface area contributed by atoms with Gasteiger partial charge >= 0.3 is 6.18 Å². The molecule has 7 heteroatoms. The quantitative estimate of drug-likeness (QED) is 0.638. The SMILES string of the molecule is COCC[SH]1C(=O)C(C2(C(F)(F)F)CC2)C(=O)C1C. The highest BCUT2D eigenvalue weighted by atomic mass is 32.2. The zero-order valence-corrected chi connectivity index (χ0v) is 11.7. The molecule has 1 aliphatic heterocycles. The summed E-state index contributed by atoms with van der Waals surface area (Å²) in [6.45, 7) is 1.88. The van der Waals surface area contributed by atoms with E-state index >= 15 is 0 Å². The van der Waals surface area contributed by atoms with E-state index in [2.05, 4.69) is 0 Å². The van der Waals surface area contributed by atoms with Gasteiger partial charge in [0, 0.05) is 18.1 Å². The van der Waals surface area contributed by atoms with E-state index in [1.54, 1.807) is 6.92 Å². The van der Waals surface area contributed by atoms with Crippen LogP contribution in [-0.4, -0.2) is 41.8 Å². The third-order valence-electron chi connectivity index (χ3n) is 4.14. The van der Waals surface area contributed by atoms with Gasteiger partial charge < -0.3 is 4.74 Å². The molecule has 19 heavy (non-hydrogen) atoms. The molecule has 0 aromatic carbocycles. The van der Waals surface area contributed by atoms with Gasteiger partial charge in [0.1, 0.15) is 5.92 Å². The largest absolute Gasteiger partial charge is 0.395 e. The molecule has 1 saturated heterocycles. The minimum Gasteiger partial charge on any atom is -0.384 e. The molecule has 0 amide bonds. The van der Waals surface area contributed by atoms with Gasteiger partial charge in [0.15, 0.2) is 10.9 Å². The maximum absolute atomic E-state index is 13.1. The van der Waals surface area contributed by atoms with Crippen LogP contribution in [0.25, 0.3) is 0 Å². The molecular formula is C12H17F3O3S. The van der Waals surface area contributed by atoms with Crippen LogP contribution in [0.4, 0.5) is 13.2 Å². The van der Waals surface area contributed by atoms with Gasteiger partial charge in [0.05, 0.1) is 12.0 Å². The highest BCUT2D eigenvalue weighted by Crippen LogP contribution is 2.66. The van der Waals surface area contributed by atoms with E-state index in [-0.39, 0.29) is 12.8 Å². The second-order valence-corrected chi connectivity index (χ2v) is 7.79. The molecule has 2 fully saturated rings. The lowest BCUT2D eigenvalue weighted by molar-refractivity contribution is -0.202. The molecular weight excluding hydrogens is 281 g/mol. The van der Waals surface area contributed by atoms with Gasteiger partial charge in [0.25, 0.3) is 0 Å². The highest BCUT2D eigenvalue weighted by Gasteiger charge is 2.72. The predicted octanol–water partition coefficient (Wildman–Crippen LogP) is 2.09. The molecule has 1 aliphatic carbocycles. The number of carbonyl (C=O) groups excluding carboxylic acids is 2. The zero-order valence-electron chi connectivity index (χ0n) is 10.8. The smallest absolute Gasteiger partial charge is 0.384 e. The molecule has 2 rings (SSSR count). The van der Waals surface area contributed by atoms with Crippen LogP contribution >= 0.6 is 10.9 Å². The van der Waals surface area contributed by atoms with Crippen LogP contribution in [-0.2, 0) is 14.3 Å². The Morgan fingerprint density at radius 2 is 1.95 bits per heavy atom. The lowest BCUT2D eigenvalue weighted by Gasteiger charge is -2.23. The number of carbonyl (C=O) groups is 2. The van der Waals surface area contributed by atoms with Crippen molar-refractivity contribution in [3.05, 3.63) is 0 Å². The Balaban J connectivity index is 2.24. The first-order chi connectivity index (χ1) is 8.76. The van der Waals surface area contributed by atoms with Crippen LogP contribution < -0.4 is 0 Å². The molecule has 0 radical (unpaired) electrons. The number of rotatable bonds is 4. The predicted molar refractivity (Wildman–Crippen MR) is 66.4 cm³/mol. The van der Waals surface area contributed by atoms with Crippen LogP contribution in [0.3, 0.4) is 0 Å². The van der Waals surface area contributed by atoms with Crippen LogP contribution in [0.5, 0.6) is 0 Å². The van der Waals surface area contributed by atoms with Crippen molar-refractivity contribution >= 4 is 21.8 Å². The van der Waals surface area contributed by atoms with Gasteiger partial charge in [-0.1, -0.05) is 0 Å². The Hall–Kier alpha value is -0.560. The Bertz CT molecular complexity index is 404. The number of hydrogen-bond donors (Lipinski definition) is 1. The average Bonchev–Trinajstić information content (AvgIpc) is 3.06. The maximum Gasteiger partial charge on any atom is 0.395 e. The summed E-state index contributed by atoms with van der Waals surface area (Å²) in [5.41, 5.74) is -2.06. The fourth-order valence-corrected chi connectivity index (χ4v) is 5.28. The van der Waals surface area contributed by atoms with Crippen molar-refractivity contribution < 1.29 is 27.5 Å². The summed E-state index contributed by atoms with van der Waals surface area (Å²) in [5.74, 6) is -1.59. The van der Waals surface area contributed by atoms with Gasteiger partial charge in [-0.25, -0.2) is 0 Å². The molecule has 2 aliphatic rings. The summed E-state index contributed by atoms with van der Waals surface area (Å²) in [6, 6.07) is 0. The molecule has 0 bridgehead atoms. The summed E-state index contributed by atoms with van der Waals surface area (Å²) in [5, 5.41) is -1.04. The minimum atomic E-state index is -4.46. The van der Waals surface area contributed by atoms with E-state index in [4.69, 9.17) is 4.74 Å². The molecule has 3 atom stereocenters. The van der Waals surface area contributed by atoms with Crippen molar-refractivity contribution in [1.82, 2.24) is 0 Å². The van der Waals surface area contributed by atoms with Crippen molar-refractivity contribution in [2.24, 2.45) is 11.3 Å². The van der Waals surface area contributed by atoms with Crippen LogP contribution in [0, 0.1) is 11.3 Å². The fraction of sp³-hybridized carbons (Fsp3) is 0.833. The lowest BCUT2D eigenvalue weighted by atomic mass is 9.85. The molecule has 0 aromatic heterocycles. The Morgan fingerprint density at radius 1 is 1.37 bits per heavy atom. The molecule has 0 aromatic rings. The van der Waals surface area contributed by atoms with Crippen molar-refractivity contribution in [2.45, 2.75) is 31.2 Å². The lowest BCUT2D eigenvalue weighted by Crippen LogP contribution is -2.38. The number of ketones is 1. The number of thiol groups is 1. The van der Waals surface area contributed by atoms with Gasteiger partial charge in [-0.3, -0.25) is 9.59 Å². The maximum atomic E-state index is 13.1. The van der Waals surface area contributed by atoms with E-state index in [1.807, 2.05) is 0 Å². The highest BCUT2D eigenvalue weighted by molar-refractivity contribution is 8.31. The number of methoxy groups -OCH3 is 1. The first kappa shape index (κ1) is 14.8. The van der Waals surface area contributed by atoms with Gasteiger partial charge in [0.2, 0.25) is 0 Å². The average molecular weight is 298 g/mol. The van der Waals surface area contributed by atoms with Gasteiger partial charge in [-0.05, 0) is 19.8 Å². The first-order valence-corrected chi connectivity index (χ1v) is 7.76. The minimum absolute atomic E-state index is 0.0984. The molecule has 1 heterocycles. The van der Waals surface area contributed by atoms with E-state index < -0.39 is 44.6 Å². The van der Waals surface area contributed by atoms with Crippen molar-refractivity contribution in [3.8, 4) is 0 Å². The number of Topliss-reactive ketones (excluding diaryl/α,β-unsaturated/α-hetero) is 1. The Morgan fingerprint density at radius 3 is 2.37 bits per heavy atom. The third-order valence-corrected chi connectivity index (χ3v) is 6.81. The number of halogens is 3. The van der Waals surface area contributed by atoms with Crippen molar-refractivity contribution in [1.29, 1.82) is 0 Å². The molecule has 3 unspecified atom stereocenters. The van der Waals surface area contributed by atoms with Gasteiger partial charge in [-0.15, -0.1) is 0 Å². The molecule has 0 N–H and O–H groups in total. The molecule has 110 valence electrons. The van der Waals surface area contributed by atoms with E-state index in [1.165, 1.54) is 7.11 Å². The monoisotopic (exact) mass is 298 g/mol. The number of hydrogen-bond acceptors (Lipinski definition) is 3. The fourth-order valence-electron chi connectivity index (χ4n) is 2.75. The van der Waals surface area contributed by atoms with Crippen LogP contribution in [0.15, 0.2) is 0 Å². The summed E-state index contributed by atoms with van der Waals surface area (Å²) in [7, 11) is 0.133. The normalized spacial score (nSPS) is 35.7.